The Balaban J connectivity index is 1.68. The van der Waals surface area contributed by atoms with Gasteiger partial charge in [0.1, 0.15) is 0 Å². The summed E-state index contributed by atoms with van der Waals surface area (Å²) in [7, 11) is 1.98. The number of nitrogens with zero attached hydrogens (tertiary/aromatic N) is 1. The minimum absolute atomic E-state index is 0.343. The minimum atomic E-state index is 0.343. The molecule has 17 heavy (non-hydrogen) atoms. The number of amides is 1. The molecule has 98 valence electrons. The summed E-state index contributed by atoms with van der Waals surface area (Å²) in [5.74, 6) is 1.84. The lowest BCUT2D eigenvalue weighted by Gasteiger charge is -2.27. The van der Waals surface area contributed by atoms with Gasteiger partial charge in [0, 0.05) is 19.5 Å². The standard InChI is InChI=1S/C14H26N2O/c1-11(13-6-7-13)16(2)14(17)8-5-12-4-3-9-15-10-12/h11-13,15H,3-10H2,1-2H3. The molecule has 0 aromatic carbocycles. The molecule has 1 heterocycles. The molecule has 3 heteroatoms. The lowest BCUT2D eigenvalue weighted by atomic mass is 9.94. The topological polar surface area (TPSA) is 32.3 Å². The van der Waals surface area contributed by atoms with Gasteiger partial charge in [-0.3, -0.25) is 4.79 Å². The third-order valence-electron chi connectivity index (χ3n) is 4.47. The van der Waals surface area contributed by atoms with E-state index in [9.17, 15) is 4.79 Å². The van der Waals surface area contributed by atoms with Crippen LogP contribution >= 0.6 is 0 Å². The average Bonchev–Trinajstić information content (AvgIpc) is 3.19. The lowest BCUT2D eigenvalue weighted by Crippen LogP contribution is -2.37. The number of hydrogen-bond acceptors (Lipinski definition) is 2. The third-order valence-corrected chi connectivity index (χ3v) is 4.47. The summed E-state index contributed by atoms with van der Waals surface area (Å²) in [6.45, 7) is 4.45. The Morgan fingerprint density at radius 2 is 2.18 bits per heavy atom. The summed E-state index contributed by atoms with van der Waals surface area (Å²) in [5, 5.41) is 3.41. The fourth-order valence-electron chi connectivity index (χ4n) is 2.80. The first-order valence-electron chi connectivity index (χ1n) is 7.15. The summed E-state index contributed by atoms with van der Waals surface area (Å²) >= 11 is 0. The molecule has 0 aromatic rings. The highest BCUT2D eigenvalue weighted by Gasteiger charge is 2.32. The Morgan fingerprint density at radius 3 is 2.76 bits per heavy atom. The molecule has 1 N–H and O–H groups in total. The molecule has 0 spiro atoms. The smallest absolute Gasteiger partial charge is 0.222 e. The van der Waals surface area contributed by atoms with Gasteiger partial charge in [-0.2, -0.15) is 0 Å². The maximum absolute atomic E-state index is 12.1. The molecule has 2 unspecified atom stereocenters. The number of carbonyl (C=O) groups is 1. The molecule has 2 aliphatic rings. The van der Waals surface area contributed by atoms with Gasteiger partial charge in [-0.15, -0.1) is 0 Å². The van der Waals surface area contributed by atoms with E-state index in [0.29, 0.717) is 11.9 Å². The van der Waals surface area contributed by atoms with Crippen LogP contribution in [0.1, 0.15) is 45.4 Å². The number of hydrogen-bond donors (Lipinski definition) is 1. The average molecular weight is 238 g/mol. The highest BCUT2D eigenvalue weighted by molar-refractivity contribution is 5.76. The molecular weight excluding hydrogens is 212 g/mol. The first-order valence-corrected chi connectivity index (χ1v) is 7.15. The largest absolute Gasteiger partial charge is 0.343 e. The van der Waals surface area contributed by atoms with E-state index in [1.807, 2.05) is 11.9 Å². The van der Waals surface area contributed by atoms with Crippen molar-refractivity contribution in [3.63, 3.8) is 0 Å². The molecular formula is C14H26N2O. The van der Waals surface area contributed by atoms with E-state index in [4.69, 9.17) is 0 Å². The summed E-state index contributed by atoms with van der Waals surface area (Å²) in [6, 6.07) is 0.451. The van der Waals surface area contributed by atoms with E-state index in [2.05, 4.69) is 12.2 Å². The van der Waals surface area contributed by atoms with Crippen molar-refractivity contribution in [2.75, 3.05) is 20.1 Å². The van der Waals surface area contributed by atoms with Gasteiger partial charge in [0.25, 0.3) is 0 Å². The Labute approximate surface area is 105 Å². The van der Waals surface area contributed by atoms with Gasteiger partial charge in [0.2, 0.25) is 5.91 Å². The summed E-state index contributed by atoms with van der Waals surface area (Å²) < 4.78 is 0. The lowest BCUT2D eigenvalue weighted by molar-refractivity contribution is -0.132. The zero-order valence-electron chi connectivity index (χ0n) is 11.2. The molecule has 0 radical (unpaired) electrons. The van der Waals surface area contributed by atoms with Crippen LogP contribution in [0.2, 0.25) is 0 Å². The third kappa shape index (κ3) is 3.70. The van der Waals surface area contributed by atoms with Crippen molar-refractivity contribution in [1.82, 2.24) is 10.2 Å². The van der Waals surface area contributed by atoms with Crippen LogP contribution in [0.15, 0.2) is 0 Å². The van der Waals surface area contributed by atoms with Gasteiger partial charge in [-0.1, -0.05) is 0 Å². The van der Waals surface area contributed by atoms with Crippen LogP contribution in [0.4, 0.5) is 0 Å². The Morgan fingerprint density at radius 1 is 1.41 bits per heavy atom. The molecule has 2 rings (SSSR count). The summed E-state index contributed by atoms with van der Waals surface area (Å²) in [6.07, 6.45) is 6.99. The predicted molar refractivity (Wildman–Crippen MR) is 69.8 cm³/mol. The van der Waals surface area contributed by atoms with Crippen molar-refractivity contribution in [3.05, 3.63) is 0 Å². The van der Waals surface area contributed by atoms with Gasteiger partial charge in [0.15, 0.2) is 0 Å². The van der Waals surface area contributed by atoms with Crippen LogP contribution in [-0.4, -0.2) is 37.0 Å². The van der Waals surface area contributed by atoms with E-state index in [-0.39, 0.29) is 0 Å². The van der Waals surface area contributed by atoms with E-state index < -0.39 is 0 Å². The molecule has 1 amide bonds. The Kier molecular flexibility index (Phi) is 4.43. The number of carbonyl (C=O) groups excluding carboxylic acids is 1. The summed E-state index contributed by atoms with van der Waals surface area (Å²) in [4.78, 5) is 14.0. The van der Waals surface area contributed by atoms with Crippen LogP contribution in [-0.2, 0) is 4.79 Å². The fourth-order valence-corrected chi connectivity index (χ4v) is 2.80. The molecule has 3 nitrogen and oxygen atoms in total. The second-order valence-corrected chi connectivity index (χ2v) is 5.83. The van der Waals surface area contributed by atoms with Crippen LogP contribution in [0.25, 0.3) is 0 Å². The fraction of sp³-hybridized carbons (Fsp3) is 0.929. The molecule has 1 saturated carbocycles. The van der Waals surface area contributed by atoms with Gasteiger partial charge >= 0.3 is 0 Å². The highest BCUT2D eigenvalue weighted by Crippen LogP contribution is 2.34. The van der Waals surface area contributed by atoms with Crippen LogP contribution in [0.3, 0.4) is 0 Å². The normalized spacial score (nSPS) is 26.6. The first-order chi connectivity index (χ1) is 8.18. The monoisotopic (exact) mass is 238 g/mol. The van der Waals surface area contributed by atoms with Crippen molar-refractivity contribution in [1.29, 1.82) is 0 Å². The number of rotatable bonds is 5. The maximum Gasteiger partial charge on any atom is 0.222 e. The first kappa shape index (κ1) is 12.9. The zero-order valence-corrected chi connectivity index (χ0v) is 11.2. The number of nitrogens with one attached hydrogen (secondary N) is 1. The van der Waals surface area contributed by atoms with Gasteiger partial charge in [-0.25, -0.2) is 0 Å². The Hall–Kier alpha value is -0.570. The van der Waals surface area contributed by atoms with Crippen molar-refractivity contribution >= 4 is 5.91 Å². The second kappa shape index (κ2) is 5.85. The number of piperidine rings is 1. The Bertz CT molecular complexity index is 257. The van der Waals surface area contributed by atoms with Crippen LogP contribution < -0.4 is 5.32 Å². The molecule has 1 aliphatic carbocycles. The van der Waals surface area contributed by atoms with Gasteiger partial charge < -0.3 is 10.2 Å². The molecule has 1 aliphatic heterocycles. The van der Waals surface area contributed by atoms with E-state index in [0.717, 1.165) is 37.8 Å². The van der Waals surface area contributed by atoms with E-state index >= 15 is 0 Å². The SMILES string of the molecule is CC(C1CC1)N(C)C(=O)CCC1CCCNC1. The van der Waals surface area contributed by atoms with E-state index in [1.54, 1.807) is 0 Å². The highest BCUT2D eigenvalue weighted by atomic mass is 16.2. The molecule has 0 bridgehead atoms. The van der Waals surface area contributed by atoms with Gasteiger partial charge in [0.05, 0.1) is 0 Å². The van der Waals surface area contributed by atoms with Crippen molar-refractivity contribution in [2.24, 2.45) is 11.8 Å². The van der Waals surface area contributed by atoms with Crippen LogP contribution in [0, 0.1) is 11.8 Å². The molecule has 2 fully saturated rings. The maximum atomic E-state index is 12.1. The van der Waals surface area contributed by atoms with Crippen molar-refractivity contribution in [3.8, 4) is 0 Å². The molecule has 1 saturated heterocycles. The van der Waals surface area contributed by atoms with Gasteiger partial charge in [-0.05, 0) is 64.0 Å². The zero-order chi connectivity index (χ0) is 12.3. The van der Waals surface area contributed by atoms with Crippen molar-refractivity contribution < 1.29 is 4.79 Å². The van der Waals surface area contributed by atoms with Crippen molar-refractivity contribution in [2.45, 2.75) is 51.5 Å². The molecule has 2 atom stereocenters. The minimum Gasteiger partial charge on any atom is -0.343 e. The summed E-state index contributed by atoms with van der Waals surface area (Å²) in [5.41, 5.74) is 0. The second-order valence-electron chi connectivity index (χ2n) is 5.83. The van der Waals surface area contributed by atoms with E-state index in [1.165, 1.54) is 25.7 Å². The van der Waals surface area contributed by atoms with Crippen LogP contribution in [0.5, 0.6) is 0 Å². The molecule has 0 aromatic heterocycles. The quantitative estimate of drug-likeness (QED) is 0.795. The predicted octanol–water partition coefficient (Wildman–Crippen LogP) is 2.02.